The van der Waals surface area contributed by atoms with Gasteiger partial charge in [-0.3, -0.25) is 0 Å². The molecule has 0 aliphatic rings. The summed E-state index contributed by atoms with van der Waals surface area (Å²) >= 11 is 0. The summed E-state index contributed by atoms with van der Waals surface area (Å²) in [5, 5.41) is 0. The monoisotopic (exact) mass is 309 g/mol. The van der Waals surface area contributed by atoms with Gasteiger partial charge in [0.1, 0.15) is 16.4 Å². The molecule has 3 nitrogen and oxygen atoms in total. The molecule has 0 unspecified atom stereocenters. The second kappa shape index (κ2) is 6.91. The number of hydrogen-bond donors (Lipinski definition) is 1. The lowest BCUT2D eigenvalue weighted by atomic mass is 10.3. The van der Waals surface area contributed by atoms with Crippen LogP contribution in [0.15, 0.2) is 89.8 Å². The highest BCUT2D eigenvalue weighted by Crippen LogP contribution is 2.28. The van der Waals surface area contributed by atoms with Crippen LogP contribution in [-0.2, 0) is 11.0 Å². The van der Waals surface area contributed by atoms with Crippen LogP contribution in [0.1, 0.15) is 0 Å². The number of anilines is 1. The van der Waals surface area contributed by atoms with Crippen LogP contribution in [0.3, 0.4) is 0 Å². The molecule has 3 aromatic rings. The summed E-state index contributed by atoms with van der Waals surface area (Å²) in [5.41, 5.74) is 0.801. The zero-order valence-electron chi connectivity index (χ0n) is 11.8. The largest absolute Gasteiger partial charge is 0.456 e. The van der Waals surface area contributed by atoms with Crippen molar-refractivity contribution in [3.05, 3.63) is 84.9 Å². The highest BCUT2D eigenvalue weighted by molar-refractivity contribution is 7.86. The Morgan fingerprint density at radius 3 is 2.05 bits per heavy atom. The first-order valence-electron chi connectivity index (χ1n) is 6.88. The third-order valence-corrected chi connectivity index (χ3v) is 4.16. The van der Waals surface area contributed by atoms with Gasteiger partial charge >= 0.3 is 0 Å². The molecule has 0 saturated heterocycles. The SMILES string of the molecule is O=[S@](Nc1ccccc1)c1ccccc1Oc1ccccc1. The van der Waals surface area contributed by atoms with Crippen molar-refractivity contribution in [1.29, 1.82) is 0 Å². The molecule has 0 radical (unpaired) electrons. The van der Waals surface area contributed by atoms with Crippen molar-refractivity contribution in [2.75, 3.05) is 4.72 Å². The lowest BCUT2D eigenvalue weighted by molar-refractivity contribution is 0.470. The molecule has 3 aromatic carbocycles. The molecule has 0 aromatic heterocycles. The summed E-state index contributed by atoms with van der Waals surface area (Å²) in [5.74, 6) is 1.29. The third-order valence-electron chi connectivity index (χ3n) is 3.00. The summed E-state index contributed by atoms with van der Waals surface area (Å²) < 4.78 is 21.4. The number of hydrogen-bond acceptors (Lipinski definition) is 2. The van der Waals surface area contributed by atoms with Crippen LogP contribution in [0.2, 0.25) is 0 Å². The Kier molecular flexibility index (Phi) is 4.51. The third kappa shape index (κ3) is 3.54. The van der Waals surface area contributed by atoms with Crippen molar-refractivity contribution in [3.8, 4) is 11.5 Å². The minimum atomic E-state index is -1.39. The van der Waals surface area contributed by atoms with Crippen LogP contribution in [0.4, 0.5) is 5.69 Å². The van der Waals surface area contributed by atoms with Gasteiger partial charge in [-0.15, -0.1) is 0 Å². The van der Waals surface area contributed by atoms with Gasteiger partial charge < -0.3 is 9.46 Å². The van der Waals surface area contributed by atoms with E-state index in [0.29, 0.717) is 16.4 Å². The number of rotatable bonds is 5. The van der Waals surface area contributed by atoms with Gasteiger partial charge in [-0.05, 0) is 36.4 Å². The zero-order valence-corrected chi connectivity index (χ0v) is 12.6. The maximum Gasteiger partial charge on any atom is 0.154 e. The molecule has 4 heteroatoms. The smallest absolute Gasteiger partial charge is 0.154 e. The predicted octanol–water partition coefficient (Wildman–Crippen LogP) is 4.61. The summed E-state index contributed by atoms with van der Waals surface area (Å²) in [6.07, 6.45) is 0. The van der Waals surface area contributed by atoms with Gasteiger partial charge in [0.05, 0.1) is 0 Å². The molecule has 1 N–H and O–H groups in total. The molecule has 3 rings (SSSR count). The van der Waals surface area contributed by atoms with Gasteiger partial charge in [-0.1, -0.05) is 48.5 Å². The van der Waals surface area contributed by atoms with Gasteiger partial charge in [0, 0.05) is 5.69 Å². The minimum Gasteiger partial charge on any atom is -0.456 e. The van der Waals surface area contributed by atoms with E-state index >= 15 is 0 Å². The Hall–Kier alpha value is -2.59. The van der Waals surface area contributed by atoms with Crippen LogP contribution in [0.5, 0.6) is 11.5 Å². The van der Waals surface area contributed by atoms with Crippen molar-refractivity contribution < 1.29 is 8.95 Å². The van der Waals surface area contributed by atoms with Gasteiger partial charge in [-0.2, -0.15) is 0 Å². The van der Waals surface area contributed by atoms with Gasteiger partial charge in [0.2, 0.25) is 0 Å². The van der Waals surface area contributed by atoms with Crippen LogP contribution in [0, 0.1) is 0 Å². The zero-order chi connectivity index (χ0) is 15.2. The van der Waals surface area contributed by atoms with Crippen molar-refractivity contribution in [2.24, 2.45) is 0 Å². The molecular weight excluding hydrogens is 294 g/mol. The van der Waals surface area contributed by atoms with E-state index in [0.717, 1.165) is 5.69 Å². The first-order valence-corrected chi connectivity index (χ1v) is 8.03. The Balaban J connectivity index is 1.83. The summed E-state index contributed by atoms with van der Waals surface area (Å²) in [6, 6.07) is 26.2. The van der Waals surface area contributed by atoms with Gasteiger partial charge in [-0.25, -0.2) is 4.21 Å². The molecule has 0 saturated carbocycles. The van der Waals surface area contributed by atoms with E-state index < -0.39 is 11.0 Å². The van der Waals surface area contributed by atoms with Crippen molar-refractivity contribution in [3.63, 3.8) is 0 Å². The van der Waals surface area contributed by atoms with Crippen molar-refractivity contribution in [1.82, 2.24) is 0 Å². The standard InChI is InChI=1S/C18H15NO2S/c20-22(19-15-9-3-1-4-10-15)18-14-8-7-13-17(18)21-16-11-5-2-6-12-16/h1-14,19H/t22-/m0/s1. The van der Waals surface area contributed by atoms with Crippen molar-refractivity contribution in [2.45, 2.75) is 4.90 Å². The second-order valence-corrected chi connectivity index (χ2v) is 5.78. The number of ether oxygens (including phenoxy) is 1. The fraction of sp³-hybridized carbons (Fsp3) is 0. The topological polar surface area (TPSA) is 38.3 Å². The van der Waals surface area contributed by atoms with E-state index in [1.807, 2.05) is 78.9 Å². The molecule has 0 heterocycles. The van der Waals surface area contributed by atoms with E-state index in [9.17, 15) is 4.21 Å². The normalized spacial score (nSPS) is 11.6. The van der Waals surface area contributed by atoms with Gasteiger partial charge in [0.15, 0.2) is 11.0 Å². The molecular formula is C18H15NO2S. The fourth-order valence-electron chi connectivity index (χ4n) is 1.97. The lowest BCUT2D eigenvalue weighted by Crippen LogP contribution is -2.05. The molecule has 22 heavy (non-hydrogen) atoms. The number of benzene rings is 3. The number of nitrogens with one attached hydrogen (secondary N) is 1. The summed E-state index contributed by atoms with van der Waals surface area (Å²) in [4.78, 5) is 0.607. The quantitative estimate of drug-likeness (QED) is 0.747. The van der Waals surface area contributed by atoms with Crippen molar-refractivity contribution >= 4 is 16.7 Å². The average molecular weight is 309 g/mol. The van der Waals surface area contributed by atoms with Gasteiger partial charge in [0.25, 0.3) is 0 Å². The first kappa shape index (κ1) is 14.4. The number of para-hydroxylation sites is 3. The maximum atomic E-state index is 12.5. The van der Waals surface area contributed by atoms with Crippen LogP contribution < -0.4 is 9.46 Å². The minimum absolute atomic E-state index is 0.579. The molecule has 0 aliphatic heterocycles. The predicted molar refractivity (Wildman–Crippen MR) is 89.4 cm³/mol. The maximum absolute atomic E-state index is 12.5. The van der Waals surface area contributed by atoms with Crippen LogP contribution in [-0.4, -0.2) is 4.21 Å². The molecule has 0 spiro atoms. The van der Waals surface area contributed by atoms with E-state index in [2.05, 4.69) is 4.72 Å². The molecule has 0 aliphatic carbocycles. The van der Waals surface area contributed by atoms with E-state index in [4.69, 9.17) is 4.74 Å². The molecule has 0 fully saturated rings. The molecule has 1 atom stereocenters. The highest BCUT2D eigenvalue weighted by atomic mass is 32.2. The summed E-state index contributed by atoms with van der Waals surface area (Å²) in [6.45, 7) is 0. The Morgan fingerprint density at radius 2 is 1.32 bits per heavy atom. The molecule has 110 valence electrons. The lowest BCUT2D eigenvalue weighted by Gasteiger charge is -2.11. The molecule has 0 amide bonds. The molecule has 0 bridgehead atoms. The Morgan fingerprint density at radius 1 is 0.727 bits per heavy atom. The Labute approximate surface area is 132 Å². The first-order chi connectivity index (χ1) is 10.8. The van der Waals surface area contributed by atoms with Crippen LogP contribution in [0.25, 0.3) is 0 Å². The summed E-state index contributed by atoms with van der Waals surface area (Å²) in [7, 11) is -1.39. The van der Waals surface area contributed by atoms with E-state index in [-0.39, 0.29) is 0 Å². The van der Waals surface area contributed by atoms with E-state index in [1.165, 1.54) is 0 Å². The Bertz CT molecular complexity index is 760. The second-order valence-electron chi connectivity index (χ2n) is 4.60. The fourth-order valence-corrected chi connectivity index (χ4v) is 2.93. The average Bonchev–Trinajstić information content (AvgIpc) is 2.57. The highest BCUT2D eigenvalue weighted by Gasteiger charge is 2.11. The van der Waals surface area contributed by atoms with Crippen LogP contribution >= 0.6 is 0 Å². The van der Waals surface area contributed by atoms with E-state index in [1.54, 1.807) is 6.07 Å².